The number of furan rings is 1. The molecule has 0 aliphatic heterocycles. The summed E-state index contributed by atoms with van der Waals surface area (Å²) in [5, 5.41) is 3.44. The largest absolute Gasteiger partial charge is 0.459 e. The molecule has 0 fully saturated rings. The second-order valence-electron chi connectivity index (χ2n) is 4.93. The number of rotatable bonds is 6. The zero-order chi connectivity index (χ0) is 13.7. The van der Waals surface area contributed by atoms with Crippen molar-refractivity contribution in [2.24, 2.45) is 0 Å². The molecule has 2 rings (SSSR count). The van der Waals surface area contributed by atoms with Gasteiger partial charge >= 0.3 is 0 Å². The fourth-order valence-electron chi connectivity index (χ4n) is 2.15. The van der Waals surface area contributed by atoms with Crippen molar-refractivity contribution in [2.75, 3.05) is 6.54 Å². The molecule has 0 radical (unpaired) electrons. The van der Waals surface area contributed by atoms with Crippen LogP contribution in [0.4, 0.5) is 0 Å². The van der Waals surface area contributed by atoms with Crippen LogP contribution in [0.1, 0.15) is 44.6 Å². The van der Waals surface area contributed by atoms with E-state index in [4.69, 9.17) is 4.42 Å². The van der Waals surface area contributed by atoms with E-state index in [1.165, 1.54) is 5.56 Å². The summed E-state index contributed by atoms with van der Waals surface area (Å²) in [6.45, 7) is 7.50. The molecule has 0 spiro atoms. The van der Waals surface area contributed by atoms with Crippen molar-refractivity contribution in [1.29, 1.82) is 0 Å². The minimum absolute atomic E-state index is 0.267. The van der Waals surface area contributed by atoms with E-state index in [9.17, 15) is 0 Å². The maximum atomic E-state index is 5.97. The van der Waals surface area contributed by atoms with E-state index in [-0.39, 0.29) is 6.04 Å². The van der Waals surface area contributed by atoms with Gasteiger partial charge in [0.2, 0.25) is 0 Å². The van der Waals surface area contributed by atoms with Gasteiger partial charge in [-0.1, -0.05) is 32.0 Å². The van der Waals surface area contributed by atoms with Gasteiger partial charge in [-0.2, -0.15) is 0 Å². The van der Waals surface area contributed by atoms with Crippen molar-refractivity contribution in [3.63, 3.8) is 0 Å². The normalized spacial score (nSPS) is 12.6. The SMILES string of the molecule is CCCNC(C)c1ccc(-c2cccc(CC)c2)o1. The monoisotopic (exact) mass is 257 g/mol. The summed E-state index contributed by atoms with van der Waals surface area (Å²) in [5.41, 5.74) is 2.50. The van der Waals surface area contributed by atoms with E-state index < -0.39 is 0 Å². The number of aryl methyl sites for hydroxylation is 1. The van der Waals surface area contributed by atoms with Crippen LogP contribution in [0.3, 0.4) is 0 Å². The summed E-state index contributed by atoms with van der Waals surface area (Å²) in [6.07, 6.45) is 2.19. The molecule has 0 aliphatic rings. The van der Waals surface area contributed by atoms with Crippen LogP contribution in [0.15, 0.2) is 40.8 Å². The van der Waals surface area contributed by atoms with Crippen molar-refractivity contribution in [1.82, 2.24) is 5.32 Å². The Balaban J connectivity index is 2.15. The molecule has 1 aromatic heterocycles. The molecule has 0 amide bonds. The average Bonchev–Trinajstić information content (AvgIpc) is 2.94. The van der Waals surface area contributed by atoms with Crippen molar-refractivity contribution < 1.29 is 4.42 Å². The average molecular weight is 257 g/mol. The van der Waals surface area contributed by atoms with Crippen LogP contribution in [-0.2, 0) is 6.42 Å². The first-order valence-electron chi connectivity index (χ1n) is 7.17. The number of hydrogen-bond donors (Lipinski definition) is 1. The highest BCUT2D eigenvalue weighted by Gasteiger charge is 2.10. The Hall–Kier alpha value is -1.54. The quantitative estimate of drug-likeness (QED) is 0.820. The van der Waals surface area contributed by atoms with Gasteiger partial charge in [0.05, 0.1) is 6.04 Å². The molecule has 2 aromatic rings. The highest BCUT2D eigenvalue weighted by Crippen LogP contribution is 2.26. The predicted molar refractivity (Wildman–Crippen MR) is 80.2 cm³/mol. The summed E-state index contributed by atoms with van der Waals surface area (Å²) < 4.78 is 5.97. The Labute approximate surface area is 115 Å². The van der Waals surface area contributed by atoms with E-state index in [2.05, 4.69) is 62.5 Å². The Morgan fingerprint density at radius 3 is 2.74 bits per heavy atom. The van der Waals surface area contributed by atoms with Gasteiger partial charge in [0, 0.05) is 5.56 Å². The van der Waals surface area contributed by atoms with Crippen molar-refractivity contribution in [3.05, 3.63) is 47.7 Å². The molecule has 1 unspecified atom stereocenters. The summed E-state index contributed by atoms with van der Waals surface area (Å²) in [5.74, 6) is 1.96. The van der Waals surface area contributed by atoms with E-state index in [1.54, 1.807) is 0 Å². The van der Waals surface area contributed by atoms with Crippen molar-refractivity contribution >= 4 is 0 Å². The molecule has 0 saturated carbocycles. The highest BCUT2D eigenvalue weighted by molar-refractivity contribution is 5.58. The van der Waals surface area contributed by atoms with E-state index in [0.29, 0.717) is 0 Å². The van der Waals surface area contributed by atoms with Gasteiger partial charge in [0.1, 0.15) is 11.5 Å². The Bertz CT molecular complexity index is 515. The van der Waals surface area contributed by atoms with E-state index in [1.807, 2.05) is 0 Å². The minimum Gasteiger partial charge on any atom is -0.459 e. The smallest absolute Gasteiger partial charge is 0.134 e. The summed E-state index contributed by atoms with van der Waals surface area (Å²) in [6, 6.07) is 12.9. The number of nitrogens with one attached hydrogen (secondary N) is 1. The second-order valence-corrected chi connectivity index (χ2v) is 4.93. The lowest BCUT2D eigenvalue weighted by molar-refractivity contribution is 0.439. The van der Waals surface area contributed by atoms with Crippen LogP contribution in [-0.4, -0.2) is 6.54 Å². The summed E-state index contributed by atoms with van der Waals surface area (Å²) in [4.78, 5) is 0. The second kappa shape index (κ2) is 6.58. The predicted octanol–water partition coefficient (Wildman–Crippen LogP) is 4.57. The zero-order valence-corrected chi connectivity index (χ0v) is 12.1. The lowest BCUT2D eigenvalue weighted by Crippen LogP contribution is -2.18. The zero-order valence-electron chi connectivity index (χ0n) is 12.1. The van der Waals surface area contributed by atoms with Crippen molar-refractivity contribution in [3.8, 4) is 11.3 Å². The lowest BCUT2D eigenvalue weighted by Gasteiger charge is -2.09. The first-order valence-corrected chi connectivity index (χ1v) is 7.17. The van der Waals surface area contributed by atoms with Crippen LogP contribution < -0.4 is 5.32 Å². The Morgan fingerprint density at radius 2 is 2.00 bits per heavy atom. The lowest BCUT2D eigenvalue weighted by atomic mass is 10.1. The topological polar surface area (TPSA) is 25.2 Å². The standard InChI is InChI=1S/C17H23NO/c1-4-11-18-13(3)16-9-10-17(19-16)15-8-6-7-14(5-2)12-15/h6-10,12-13,18H,4-5,11H2,1-3H3. The maximum Gasteiger partial charge on any atom is 0.134 e. The van der Waals surface area contributed by atoms with Crippen LogP contribution >= 0.6 is 0 Å². The van der Waals surface area contributed by atoms with Gasteiger partial charge in [-0.15, -0.1) is 0 Å². The fraction of sp³-hybridized carbons (Fsp3) is 0.412. The molecule has 1 aromatic carbocycles. The third-order valence-electron chi connectivity index (χ3n) is 3.37. The van der Waals surface area contributed by atoms with Gasteiger partial charge in [0.15, 0.2) is 0 Å². The van der Waals surface area contributed by atoms with Crippen LogP contribution in [0.2, 0.25) is 0 Å². The van der Waals surface area contributed by atoms with Gasteiger partial charge < -0.3 is 9.73 Å². The highest BCUT2D eigenvalue weighted by atomic mass is 16.3. The molecule has 0 aliphatic carbocycles. The Kier molecular flexibility index (Phi) is 4.80. The van der Waals surface area contributed by atoms with Crippen molar-refractivity contribution in [2.45, 2.75) is 39.7 Å². The van der Waals surface area contributed by atoms with E-state index >= 15 is 0 Å². The molecule has 1 heterocycles. The molecular formula is C17H23NO. The molecular weight excluding hydrogens is 234 g/mol. The first kappa shape index (κ1) is 13.9. The third kappa shape index (κ3) is 3.48. The fourth-order valence-corrected chi connectivity index (χ4v) is 2.15. The molecule has 0 saturated heterocycles. The van der Waals surface area contributed by atoms with Gasteiger partial charge in [-0.3, -0.25) is 0 Å². The molecule has 2 nitrogen and oxygen atoms in total. The van der Waals surface area contributed by atoms with Crippen LogP contribution in [0.5, 0.6) is 0 Å². The third-order valence-corrected chi connectivity index (χ3v) is 3.37. The van der Waals surface area contributed by atoms with E-state index in [0.717, 1.165) is 36.5 Å². The minimum atomic E-state index is 0.267. The van der Waals surface area contributed by atoms with Gasteiger partial charge in [-0.25, -0.2) is 0 Å². The number of benzene rings is 1. The van der Waals surface area contributed by atoms with Gasteiger partial charge in [-0.05, 0) is 50.1 Å². The van der Waals surface area contributed by atoms with Gasteiger partial charge in [0.25, 0.3) is 0 Å². The van der Waals surface area contributed by atoms with Crippen LogP contribution in [0.25, 0.3) is 11.3 Å². The number of hydrogen-bond acceptors (Lipinski definition) is 2. The molecule has 102 valence electrons. The maximum absolute atomic E-state index is 5.97. The molecule has 19 heavy (non-hydrogen) atoms. The molecule has 2 heteroatoms. The van der Waals surface area contributed by atoms with Crippen LogP contribution in [0, 0.1) is 0 Å². The Morgan fingerprint density at radius 1 is 1.16 bits per heavy atom. The molecule has 1 atom stereocenters. The molecule has 1 N–H and O–H groups in total. The molecule has 0 bridgehead atoms. The first-order chi connectivity index (χ1) is 9.24. The summed E-state index contributed by atoms with van der Waals surface area (Å²) in [7, 11) is 0. The summed E-state index contributed by atoms with van der Waals surface area (Å²) >= 11 is 0.